The first-order valence-electron chi connectivity index (χ1n) is 6.58. The first kappa shape index (κ1) is 13.1. The van der Waals surface area contributed by atoms with Crippen LogP contribution in [0.1, 0.15) is 52.4 Å². The van der Waals surface area contributed by atoms with Crippen LogP contribution in [0.2, 0.25) is 0 Å². The third-order valence-corrected chi connectivity index (χ3v) is 2.88. The minimum atomic E-state index is 0.388. The number of ether oxygens (including phenoxy) is 1. The second-order valence-corrected chi connectivity index (χ2v) is 4.31. The fourth-order valence-electron chi connectivity index (χ4n) is 1.84. The zero-order valence-electron chi connectivity index (χ0n) is 10.6. The van der Waals surface area contributed by atoms with Gasteiger partial charge in [0, 0.05) is 0 Å². The summed E-state index contributed by atoms with van der Waals surface area (Å²) < 4.78 is 5.94. The molecule has 0 bridgehead atoms. The average Bonchev–Trinajstić information content (AvgIpc) is 2.34. The zero-order chi connectivity index (χ0) is 11.6. The molecule has 0 aliphatic heterocycles. The lowest BCUT2D eigenvalue weighted by Crippen LogP contribution is -2.15. The van der Waals surface area contributed by atoms with Gasteiger partial charge in [-0.2, -0.15) is 0 Å². The monoisotopic (exact) mass is 220 g/mol. The molecule has 0 saturated carbocycles. The summed E-state index contributed by atoms with van der Waals surface area (Å²) in [5, 5.41) is 0. The van der Waals surface area contributed by atoms with E-state index in [4.69, 9.17) is 4.74 Å². The molecule has 0 aliphatic carbocycles. The van der Waals surface area contributed by atoms with E-state index < -0.39 is 0 Å². The van der Waals surface area contributed by atoms with Gasteiger partial charge in [0.05, 0.1) is 6.10 Å². The zero-order valence-corrected chi connectivity index (χ0v) is 10.6. The highest BCUT2D eigenvalue weighted by Gasteiger charge is 2.07. The van der Waals surface area contributed by atoms with E-state index in [0.717, 1.165) is 12.2 Å². The van der Waals surface area contributed by atoms with E-state index >= 15 is 0 Å². The van der Waals surface area contributed by atoms with Gasteiger partial charge in [0.15, 0.2) is 0 Å². The maximum atomic E-state index is 5.94. The van der Waals surface area contributed by atoms with Gasteiger partial charge in [-0.3, -0.25) is 0 Å². The van der Waals surface area contributed by atoms with Gasteiger partial charge >= 0.3 is 0 Å². The quantitative estimate of drug-likeness (QED) is 0.571. The molecule has 1 unspecified atom stereocenters. The second kappa shape index (κ2) is 8.20. The van der Waals surface area contributed by atoms with Crippen LogP contribution in [0.3, 0.4) is 0 Å². The number of rotatable bonds is 8. The van der Waals surface area contributed by atoms with Crippen molar-refractivity contribution in [3.05, 3.63) is 30.3 Å². The van der Waals surface area contributed by atoms with Crippen LogP contribution in [0.5, 0.6) is 5.75 Å². The normalized spacial score (nSPS) is 12.4. The van der Waals surface area contributed by atoms with Crippen molar-refractivity contribution in [2.45, 2.75) is 58.5 Å². The maximum absolute atomic E-state index is 5.94. The minimum absolute atomic E-state index is 0.388. The summed E-state index contributed by atoms with van der Waals surface area (Å²) in [4.78, 5) is 0. The van der Waals surface area contributed by atoms with Crippen molar-refractivity contribution < 1.29 is 4.74 Å². The number of hydrogen-bond donors (Lipinski definition) is 0. The molecule has 1 rings (SSSR count). The van der Waals surface area contributed by atoms with Gasteiger partial charge in [-0.15, -0.1) is 0 Å². The smallest absolute Gasteiger partial charge is 0.119 e. The highest BCUT2D eigenvalue weighted by Crippen LogP contribution is 2.16. The highest BCUT2D eigenvalue weighted by molar-refractivity contribution is 5.21. The van der Waals surface area contributed by atoms with Crippen LogP contribution in [0.25, 0.3) is 0 Å². The average molecular weight is 220 g/mol. The van der Waals surface area contributed by atoms with Crippen LogP contribution in [-0.2, 0) is 0 Å². The minimum Gasteiger partial charge on any atom is -0.490 e. The van der Waals surface area contributed by atoms with E-state index in [-0.39, 0.29) is 0 Å². The molecule has 90 valence electrons. The molecule has 1 nitrogen and oxygen atoms in total. The van der Waals surface area contributed by atoms with Crippen LogP contribution in [0.4, 0.5) is 0 Å². The van der Waals surface area contributed by atoms with Gasteiger partial charge in [0.25, 0.3) is 0 Å². The van der Waals surface area contributed by atoms with Crippen molar-refractivity contribution >= 4 is 0 Å². The molecular weight excluding hydrogens is 196 g/mol. The molecule has 1 aromatic carbocycles. The van der Waals surface area contributed by atoms with Crippen molar-refractivity contribution in [1.29, 1.82) is 0 Å². The topological polar surface area (TPSA) is 9.23 Å². The summed E-state index contributed by atoms with van der Waals surface area (Å²) in [7, 11) is 0. The number of hydrogen-bond acceptors (Lipinski definition) is 1. The van der Waals surface area contributed by atoms with Crippen LogP contribution in [-0.4, -0.2) is 6.10 Å². The fraction of sp³-hybridized carbons (Fsp3) is 0.600. The molecule has 0 saturated heterocycles. The SMILES string of the molecule is CCCCCCC(CC)Oc1ccccc1. The third-order valence-electron chi connectivity index (χ3n) is 2.88. The van der Waals surface area contributed by atoms with E-state index in [1.54, 1.807) is 0 Å². The Balaban J connectivity index is 2.26. The van der Waals surface area contributed by atoms with Crippen LogP contribution in [0.15, 0.2) is 30.3 Å². The Morgan fingerprint density at radius 2 is 1.75 bits per heavy atom. The molecule has 16 heavy (non-hydrogen) atoms. The molecule has 0 aromatic heterocycles. The predicted octanol–water partition coefficient (Wildman–Crippen LogP) is 4.81. The molecule has 0 amide bonds. The number of para-hydroxylation sites is 1. The van der Waals surface area contributed by atoms with Gasteiger partial charge in [-0.1, -0.05) is 51.3 Å². The van der Waals surface area contributed by atoms with Crippen molar-refractivity contribution in [2.75, 3.05) is 0 Å². The fourth-order valence-corrected chi connectivity index (χ4v) is 1.84. The Kier molecular flexibility index (Phi) is 6.71. The number of benzene rings is 1. The molecule has 0 spiro atoms. The molecule has 0 radical (unpaired) electrons. The molecule has 1 aromatic rings. The summed E-state index contributed by atoms with van der Waals surface area (Å²) in [5.74, 6) is 1.00. The molecule has 0 N–H and O–H groups in total. The maximum Gasteiger partial charge on any atom is 0.119 e. The van der Waals surface area contributed by atoms with Gasteiger partial charge in [0.2, 0.25) is 0 Å². The Labute approximate surface area is 99.8 Å². The van der Waals surface area contributed by atoms with Gasteiger partial charge in [-0.05, 0) is 31.4 Å². The Morgan fingerprint density at radius 3 is 2.38 bits per heavy atom. The van der Waals surface area contributed by atoms with Crippen LogP contribution < -0.4 is 4.74 Å². The molecular formula is C15H24O. The molecule has 1 atom stereocenters. The number of unbranched alkanes of at least 4 members (excludes halogenated alkanes) is 3. The van der Waals surface area contributed by atoms with Gasteiger partial charge < -0.3 is 4.74 Å². The Morgan fingerprint density at radius 1 is 1.00 bits per heavy atom. The van der Waals surface area contributed by atoms with E-state index in [9.17, 15) is 0 Å². The van der Waals surface area contributed by atoms with Crippen molar-refractivity contribution in [2.24, 2.45) is 0 Å². The van der Waals surface area contributed by atoms with Crippen LogP contribution in [0, 0.1) is 0 Å². The molecule has 0 fully saturated rings. The first-order valence-corrected chi connectivity index (χ1v) is 6.58. The van der Waals surface area contributed by atoms with Crippen molar-refractivity contribution in [3.8, 4) is 5.75 Å². The second-order valence-electron chi connectivity index (χ2n) is 4.31. The highest BCUT2D eigenvalue weighted by atomic mass is 16.5. The Hall–Kier alpha value is -0.980. The Bertz CT molecular complexity index is 255. The van der Waals surface area contributed by atoms with Gasteiger partial charge in [-0.25, -0.2) is 0 Å². The van der Waals surface area contributed by atoms with E-state index in [1.807, 2.05) is 30.3 Å². The summed E-state index contributed by atoms with van der Waals surface area (Å²) in [6, 6.07) is 10.1. The summed E-state index contributed by atoms with van der Waals surface area (Å²) in [5.41, 5.74) is 0. The molecule has 0 aliphatic rings. The summed E-state index contributed by atoms with van der Waals surface area (Å²) >= 11 is 0. The molecule has 1 heteroatoms. The summed E-state index contributed by atoms with van der Waals surface area (Å²) in [6.07, 6.45) is 7.95. The van der Waals surface area contributed by atoms with E-state index in [0.29, 0.717) is 6.10 Å². The van der Waals surface area contributed by atoms with Crippen LogP contribution >= 0.6 is 0 Å². The third kappa shape index (κ3) is 5.20. The lowest BCUT2D eigenvalue weighted by Gasteiger charge is -2.17. The van der Waals surface area contributed by atoms with E-state index in [2.05, 4.69) is 13.8 Å². The lowest BCUT2D eigenvalue weighted by atomic mass is 10.1. The lowest BCUT2D eigenvalue weighted by molar-refractivity contribution is 0.182. The molecule has 0 heterocycles. The van der Waals surface area contributed by atoms with E-state index in [1.165, 1.54) is 32.1 Å². The standard InChI is InChI=1S/C15H24O/c1-3-5-6-8-11-14(4-2)16-15-12-9-7-10-13-15/h7,9-10,12-14H,3-6,8,11H2,1-2H3. The first-order chi connectivity index (χ1) is 7.86. The largest absolute Gasteiger partial charge is 0.490 e. The summed E-state index contributed by atoms with van der Waals surface area (Å²) in [6.45, 7) is 4.45. The van der Waals surface area contributed by atoms with Gasteiger partial charge in [0.1, 0.15) is 5.75 Å². The van der Waals surface area contributed by atoms with Crippen molar-refractivity contribution in [3.63, 3.8) is 0 Å². The predicted molar refractivity (Wildman–Crippen MR) is 69.9 cm³/mol. The van der Waals surface area contributed by atoms with Crippen molar-refractivity contribution in [1.82, 2.24) is 0 Å².